The predicted octanol–water partition coefficient (Wildman–Crippen LogP) is -0.415. The summed E-state index contributed by atoms with van der Waals surface area (Å²) in [5.41, 5.74) is 10.7. The summed E-state index contributed by atoms with van der Waals surface area (Å²) in [5.74, 6) is -1.25. The van der Waals surface area contributed by atoms with Gasteiger partial charge in [0.05, 0.1) is 6.04 Å². The summed E-state index contributed by atoms with van der Waals surface area (Å²) in [5, 5.41) is -0.340. The lowest BCUT2D eigenvalue weighted by Crippen LogP contribution is -2.56. The molecule has 2 amide bonds. The van der Waals surface area contributed by atoms with Gasteiger partial charge in [-0.3, -0.25) is 9.59 Å². The van der Waals surface area contributed by atoms with Crippen LogP contribution in [0.1, 0.15) is 31.3 Å². The van der Waals surface area contributed by atoms with Crippen molar-refractivity contribution in [2.45, 2.75) is 31.9 Å². The van der Waals surface area contributed by atoms with E-state index >= 15 is 0 Å². The molecule has 0 radical (unpaired) electrons. The van der Waals surface area contributed by atoms with Crippen molar-refractivity contribution in [1.29, 1.82) is 0 Å². The average Bonchev–Trinajstić information content (AvgIpc) is 3.03. The van der Waals surface area contributed by atoms with Gasteiger partial charge in [0.25, 0.3) is 15.9 Å². The quantitative estimate of drug-likeness (QED) is 0.736. The Hall–Kier alpha value is -1.91. The zero-order valence-corrected chi connectivity index (χ0v) is 15.4. The van der Waals surface area contributed by atoms with E-state index in [4.69, 9.17) is 15.9 Å². The maximum Gasteiger partial charge on any atom is 0.284 e. The molecule has 1 fully saturated rings. The predicted molar refractivity (Wildman–Crippen MR) is 90.0 cm³/mol. The van der Waals surface area contributed by atoms with Crippen LogP contribution in [0.2, 0.25) is 0 Å². The fourth-order valence-electron chi connectivity index (χ4n) is 2.43. The van der Waals surface area contributed by atoms with E-state index in [1.807, 2.05) is 20.8 Å². The van der Waals surface area contributed by atoms with Crippen molar-refractivity contribution < 1.29 is 22.4 Å². The first kappa shape index (κ1) is 19.4. The molecular weight excluding hydrogens is 348 g/mol. The van der Waals surface area contributed by atoms with Crippen molar-refractivity contribution in [1.82, 2.24) is 9.21 Å². The second-order valence-electron chi connectivity index (χ2n) is 7.06. The Bertz CT molecular complexity index is 757. The summed E-state index contributed by atoms with van der Waals surface area (Å²) < 4.78 is 31.3. The number of carbonyl (C=O) groups excluding carboxylic acids is 2. The lowest BCUT2D eigenvalue weighted by molar-refractivity contribution is -0.136. The molecule has 4 N–H and O–H groups in total. The van der Waals surface area contributed by atoms with Crippen LogP contribution >= 0.6 is 0 Å². The van der Waals surface area contributed by atoms with Crippen molar-refractivity contribution >= 4 is 21.8 Å². The third-order valence-electron chi connectivity index (χ3n) is 4.17. The highest BCUT2D eigenvalue weighted by molar-refractivity contribution is 7.89. The largest absolute Gasteiger partial charge is 0.438 e. The Morgan fingerprint density at radius 1 is 1.16 bits per heavy atom. The Morgan fingerprint density at radius 2 is 1.72 bits per heavy atom. The van der Waals surface area contributed by atoms with E-state index in [0.717, 1.165) is 0 Å². The lowest BCUT2D eigenvalue weighted by atomic mass is 9.86. The van der Waals surface area contributed by atoms with Gasteiger partial charge in [-0.2, -0.15) is 4.31 Å². The van der Waals surface area contributed by atoms with E-state index in [9.17, 15) is 18.0 Å². The molecule has 0 saturated carbocycles. The Balaban J connectivity index is 2.06. The molecule has 10 heteroatoms. The Morgan fingerprint density at radius 3 is 2.16 bits per heavy atom. The number of amides is 2. The highest BCUT2D eigenvalue weighted by Gasteiger charge is 2.36. The number of hydrogen-bond acceptors (Lipinski definition) is 6. The molecule has 0 spiro atoms. The SMILES string of the molecule is CC(C)(C)[C@H](N)C(=O)N1CCN(S(=O)(=O)c2ccc(C(N)=O)o2)CC1. The molecule has 1 aromatic heterocycles. The van der Waals surface area contributed by atoms with Crippen LogP contribution in [0.5, 0.6) is 0 Å². The topological polar surface area (TPSA) is 140 Å². The fraction of sp³-hybridized carbons (Fsp3) is 0.600. The number of nitrogens with two attached hydrogens (primary N) is 2. The molecule has 0 bridgehead atoms. The second kappa shape index (κ2) is 6.77. The van der Waals surface area contributed by atoms with Crippen molar-refractivity contribution in [3.63, 3.8) is 0 Å². The molecule has 140 valence electrons. The standard InChI is InChI=1S/C15H24N4O5S/c1-15(2,3)12(16)14(21)18-6-8-19(9-7-18)25(22,23)11-5-4-10(24-11)13(17)20/h4-5,12H,6-9,16H2,1-3H3,(H2,17,20)/t12-/m1/s1. The van der Waals surface area contributed by atoms with Crippen LogP contribution in [0.25, 0.3) is 0 Å². The van der Waals surface area contributed by atoms with Gasteiger partial charge in [0.2, 0.25) is 11.0 Å². The van der Waals surface area contributed by atoms with Crippen LogP contribution in [0.3, 0.4) is 0 Å². The first-order valence-electron chi connectivity index (χ1n) is 7.89. The van der Waals surface area contributed by atoms with Crippen LogP contribution in [0.4, 0.5) is 0 Å². The van der Waals surface area contributed by atoms with E-state index in [0.29, 0.717) is 0 Å². The maximum absolute atomic E-state index is 12.5. The van der Waals surface area contributed by atoms with E-state index in [1.54, 1.807) is 4.90 Å². The zero-order valence-electron chi connectivity index (χ0n) is 14.6. The molecule has 1 aliphatic rings. The molecule has 0 aliphatic carbocycles. The maximum atomic E-state index is 12.5. The van der Waals surface area contributed by atoms with Gasteiger partial charge < -0.3 is 20.8 Å². The number of rotatable bonds is 4. The molecule has 0 aromatic carbocycles. The van der Waals surface area contributed by atoms with Crippen molar-refractivity contribution in [2.24, 2.45) is 16.9 Å². The highest BCUT2D eigenvalue weighted by atomic mass is 32.2. The van der Waals surface area contributed by atoms with Crippen molar-refractivity contribution in [2.75, 3.05) is 26.2 Å². The Labute approximate surface area is 147 Å². The first-order chi connectivity index (χ1) is 11.4. The molecule has 0 unspecified atom stereocenters. The van der Waals surface area contributed by atoms with Gasteiger partial charge >= 0.3 is 0 Å². The Kier molecular flexibility index (Phi) is 5.26. The van der Waals surface area contributed by atoms with Crippen LogP contribution in [0.15, 0.2) is 21.6 Å². The lowest BCUT2D eigenvalue weighted by Gasteiger charge is -2.37. The third kappa shape index (κ3) is 4.02. The summed E-state index contributed by atoms with van der Waals surface area (Å²) in [6, 6.07) is 1.76. The van der Waals surface area contributed by atoms with Gasteiger partial charge in [-0.15, -0.1) is 0 Å². The fourth-order valence-corrected chi connectivity index (χ4v) is 3.77. The van der Waals surface area contributed by atoms with Gasteiger partial charge in [-0.1, -0.05) is 20.8 Å². The number of hydrogen-bond donors (Lipinski definition) is 2. The average molecular weight is 372 g/mol. The summed E-state index contributed by atoms with van der Waals surface area (Å²) >= 11 is 0. The van der Waals surface area contributed by atoms with E-state index < -0.39 is 22.0 Å². The second-order valence-corrected chi connectivity index (χ2v) is 8.92. The minimum atomic E-state index is -3.88. The van der Waals surface area contributed by atoms with Crippen molar-refractivity contribution in [3.8, 4) is 0 Å². The number of piperazine rings is 1. The number of furan rings is 1. The molecule has 1 saturated heterocycles. The molecule has 1 aromatic rings. The number of primary amides is 1. The van der Waals surface area contributed by atoms with Crippen LogP contribution in [-0.2, 0) is 14.8 Å². The van der Waals surface area contributed by atoms with Gasteiger partial charge in [-0.25, -0.2) is 8.42 Å². The number of nitrogens with zero attached hydrogens (tertiary/aromatic N) is 2. The summed E-state index contributed by atoms with van der Waals surface area (Å²) in [7, 11) is -3.88. The van der Waals surface area contributed by atoms with Crippen LogP contribution in [0, 0.1) is 5.41 Å². The molecule has 2 heterocycles. The summed E-state index contributed by atoms with van der Waals surface area (Å²) in [4.78, 5) is 25.0. The van der Waals surface area contributed by atoms with E-state index in [-0.39, 0.29) is 48.4 Å². The molecule has 1 aliphatic heterocycles. The van der Waals surface area contributed by atoms with Crippen LogP contribution < -0.4 is 11.5 Å². The first-order valence-corrected chi connectivity index (χ1v) is 9.33. The smallest absolute Gasteiger partial charge is 0.284 e. The number of carbonyl (C=O) groups is 2. The van der Waals surface area contributed by atoms with Crippen molar-refractivity contribution in [3.05, 3.63) is 17.9 Å². The third-order valence-corrected chi connectivity index (χ3v) is 5.94. The minimum absolute atomic E-state index is 0.123. The van der Waals surface area contributed by atoms with E-state index in [2.05, 4.69) is 0 Å². The van der Waals surface area contributed by atoms with Crippen LogP contribution in [-0.4, -0.2) is 61.7 Å². The van der Waals surface area contributed by atoms with Gasteiger partial charge in [0.1, 0.15) is 0 Å². The minimum Gasteiger partial charge on any atom is -0.438 e. The highest BCUT2D eigenvalue weighted by Crippen LogP contribution is 2.22. The molecule has 9 nitrogen and oxygen atoms in total. The van der Waals surface area contributed by atoms with Gasteiger partial charge in [0, 0.05) is 26.2 Å². The zero-order chi connectivity index (χ0) is 19.0. The molecular formula is C15H24N4O5S. The summed E-state index contributed by atoms with van der Waals surface area (Å²) in [6.45, 7) is 6.36. The molecule has 25 heavy (non-hydrogen) atoms. The van der Waals surface area contributed by atoms with Gasteiger partial charge in [0.15, 0.2) is 5.76 Å². The van der Waals surface area contributed by atoms with E-state index in [1.165, 1.54) is 16.4 Å². The molecule has 2 rings (SSSR count). The van der Waals surface area contributed by atoms with Gasteiger partial charge in [-0.05, 0) is 17.5 Å². The normalized spacial score (nSPS) is 18.2. The monoisotopic (exact) mass is 372 g/mol. The number of sulfonamides is 1. The molecule has 1 atom stereocenters. The summed E-state index contributed by atoms with van der Waals surface area (Å²) in [6.07, 6.45) is 0.